The second-order valence-electron chi connectivity index (χ2n) is 6.19. The lowest BCUT2D eigenvalue weighted by Gasteiger charge is -2.42. The van der Waals surface area contributed by atoms with Crippen LogP contribution in [0.3, 0.4) is 0 Å². The Labute approximate surface area is 131 Å². The molecule has 1 aromatic rings. The number of nitrogens with zero attached hydrogens (tertiary/aromatic N) is 1. The molecule has 2 N–H and O–H groups in total. The smallest absolute Gasteiger partial charge is 0.0245 e. The van der Waals surface area contributed by atoms with E-state index in [1.54, 1.807) is 0 Å². The molecule has 1 saturated heterocycles. The van der Waals surface area contributed by atoms with Gasteiger partial charge in [0.15, 0.2) is 0 Å². The van der Waals surface area contributed by atoms with Crippen molar-refractivity contribution in [1.29, 1.82) is 0 Å². The van der Waals surface area contributed by atoms with Gasteiger partial charge in [-0.2, -0.15) is 0 Å². The maximum absolute atomic E-state index is 6.18. The first-order valence-corrected chi connectivity index (χ1v) is 7.41. The molecular formula is C15H24BrClN2. The van der Waals surface area contributed by atoms with Crippen LogP contribution in [0.25, 0.3) is 0 Å². The third-order valence-corrected chi connectivity index (χ3v) is 4.73. The Morgan fingerprint density at radius 2 is 2.11 bits per heavy atom. The molecule has 1 aliphatic rings. The fourth-order valence-electron chi connectivity index (χ4n) is 2.64. The van der Waals surface area contributed by atoms with Gasteiger partial charge in [0.25, 0.3) is 0 Å². The molecule has 1 unspecified atom stereocenters. The molecule has 2 nitrogen and oxygen atoms in total. The topological polar surface area (TPSA) is 29.3 Å². The van der Waals surface area contributed by atoms with E-state index in [2.05, 4.69) is 59.8 Å². The first-order chi connectivity index (χ1) is 8.38. The fraction of sp³-hybridized carbons (Fsp3) is 0.600. The molecule has 4 heteroatoms. The van der Waals surface area contributed by atoms with E-state index >= 15 is 0 Å². The minimum Gasteiger partial charge on any atom is -0.327 e. The Kier molecular flexibility index (Phi) is 5.87. The Morgan fingerprint density at radius 1 is 1.42 bits per heavy atom. The van der Waals surface area contributed by atoms with Crippen LogP contribution in [0.15, 0.2) is 22.7 Å². The van der Waals surface area contributed by atoms with Crippen LogP contribution in [-0.2, 0) is 6.54 Å². The second kappa shape index (κ2) is 6.57. The summed E-state index contributed by atoms with van der Waals surface area (Å²) >= 11 is 3.66. The van der Waals surface area contributed by atoms with E-state index < -0.39 is 0 Å². The second-order valence-corrected chi connectivity index (χ2v) is 7.04. The number of likely N-dealkylation sites (tertiary alicyclic amines) is 1. The lowest BCUT2D eigenvalue weighted by molar-refractivity contribution is 0.0897. The number of piperidine rings is 1. The summed E-state index contributed by atoms with van der Waals surface area (Å²) in [4.78, 5) is 2.51. The van der Waals surface area contributed by atoms with E-state index in [1.165, 1.54) is 15.6 Å². The molecule has 1 atom stereocenters. The van der Waals surface area contributed by atoms with Crippen LogP contribution in [0.4, 0.5) is 0 Å². The van der Waals surface area contributed by atoms with Crippen LogP contribution in [0.5, 0.6) is 0 Å². The SMILES string of the molecule is Cc1ccc(CN2CCC(N)C(C)(C)C2)c(Br)c1.Cl. The fourth-order valence-corrected chi connectivity index (χ4v) is 3.26. The van der Waals surface area contributed by atoms with Gasteiger partial charge in [-0.15, -0.1) is 12.4 Å². The molecule has 1 aliphatic heterocycles. The number of aryl methyl sites for hydroxylation is 1. The highest BCUT2D eigenvalue weighted by Gasteiger charge is 2.33. The van der Waals surface area contributed by atoms with Crippen molar-refractivity contribution in [1.82, 2.24) is 4.90 Å². The average molecular weight is 348 g/mol. The molecule has 0 radical (unpaired) electrons. The van der Waals surface area contributed by atoms with E-state index in [4.69, 9.17) is 5.73 Å². The lowest BCUT2D eigenvalue weighted by Crippen LogP contribution is -2.52. The Bertz CT molecular complexity index is 434. The summed E-state index contributed by atoms with van der Waals surface area (Å²) in [5.41, 5.74) is 9.06. The third-order valence-electron chi connectivity index (χ3n) is 3.99. The Balaban J connectivity index is 0.00000180. The average Bonchev–Trinajstić information content (AvgIpc) is 2.27. The molecule has 0 bridgehead atoms. The molecule has 0 aliphatic carbocycles. The number of rotatable bonds is 2. The molecule has 0 saturated carbocycles. The molecule has 1 fully saturated rings. The molecule has 1 heterocycles. The van der Waals surface area contributed by atoms with Crippen molar-refractivity contribution >= 4 is 28.3 Å². The zero-order valence-electron chi connectivity index (χ0n) is 11.9. The van der Waals surface area contributed by atoms with Crippen molar-refractivity contribution in [2.45, 2.75) is 39.8 Å². The van der Waals surface area contributed by atoms with Gasteiger partial charge in [-0.05, 0) is 36.0 Å². The first-order valence-electron chi connectivity index (χ1n) is 6.61. The molecule has 0 aromatic heterocycles. The maximum atomic E-state index is 6.18. The Hall–Kier alpha value is -0.0900. The highest BCUT2D eigenvalue weighted by Crippen LogP contribution is 2.29. The van der Waals surface area contributed by atoms with Gasteiger partial charge in [-0.1, -0.05) is 41.9 Å². The molecule has 0 spiro atoms. The molecule has 0 amide bonds. The standard InChI is InChI=1S/C15H23BrN2.ClH/c1-11-4-5-12(13(16)8-11)9-18-7-6-14(17)15(2,3)10-18;/h4-5,8,14H,6-7,9-10,17H2,1-3H3;1H. The highest BCUT2D eigenvalue weighted by atomic mass is 79.9. The van der Waals surface area contributed by atoms with E-state index in [1.807, 2.05) is 0 Å². The summed E-state index contributed by atoms with van der Waals surface area (Å²) in [6, 6.07) is 6.92. The number of hydrogen-bond acceptors (Lipinski definition) is 2. The minimum absolute atomic E-state index is 0. The van der Waals surface area contributed by atoms with E-state index in [0.717, 1.165) is 26.1 Å². The number of nitrogens with two attached hydrogens (primary N) is 1. The summed E-state index contributed by atoms with van der Waals surface area (Å²) in [5.74, 6) is 0. The van der Waals surface area contributed by atoms with Crippen molar-refractivity contribution in [3.8, 4) is 0 Å². The van der Waals surface area contributed by atoms with Gasteiger partial charge in [0.1, 0.15) is 0 Å². The van der Waals surface area contributed by atoms with Crippen molar-refractivity contribution in [3.05, 3.63) is 33.8 Å². The number of hydrogen-bond donors (Lipinski definition) is 1. The predicted molar refractivity (Wildman–Crippen MR) is 87.8 cm³/mol. The van der Waals surface area contributed by atoms with Gasteiger partial charge in [0.05, 0.1) is 0 Å². The summed E-state index contributed by atoms with van der Waals surface area (Å²) < 4.78 is 1.22. The predicted octanol–water partition coefficient (Wildman–Crippen LogP) is 3.74. The summed E-state index contributed by atoms with van der Waals surface area (Å²) in [6.07, 6.45) is 1.09. The number of halogens is 2. The normalized spacial score (nSPS) is 22.9. The van der Waals surface area contributed by atoms with E-state index in [0.29, 0.717) is 6.04 Å². The highest BCUT2D eigenvalue weighted by molar-refractivity contribution is 9.10. The number of benzene rings is 1. The van der Waals surface area contributed by atoms with Crippen LogP contribution in [0, 0.1) is 12.3 Å². The van der Waals surface area contributed by atoms with E-state index in [9.17, 15) is 0 Å². The maximum Gasteiger partial charge on any atom is 0.0245 e. The van der Waals surface area contributed by atoms with Gasteiger partial charge < -0.3 is 5.73 Å². The third kappa shape index (κ3) is 4.19. The quantitative estimate of drug-likeness (QED) is 0.883. The van der Waals surface area contributed by atoms with Gasteiger partial charge >= 0.3 is 0 Å². The van der Waals surface area contributed by atoms with E-state index in [-0.39, 0.29) is 17.8 Å². The van der Waals surface area contributed by atoms with Crippen molar-refractivity contribution in [2.75, 3.05) is 13.1 Å². The van der Waals surface area contributed by atoms with Crippen LogP contribution in [0.2, 0.25) is 0 Å². The molecule has 2 rings (SSSR count). The zero-order chi connectivity index (χ0) is 13.3. The largest absolute Gasteiger partial charge is 0.327 e. The lowest BCUT2D eigenvalue weighted by atomic mass is 9.79. The monoisotopic (exact) mass is 346 g/mol. The molecule has 108 valence electrons. The molecule has 1 aromatic carbocycles. The van der Waals surface area contributed by atoms with Gasteiger partial charge in [0, 0.05) is 30.1 Å². The molecular weight excluding hydrogens is 324 g/mol. The van der Waals surface area contributed by atoms with Gasteiger partial charge in [-0.25, -0.2) is 0 Å². The van der Waals surface area contributed by atoms with Gasteiger partial charge in [0.2, 0.25) is 0 Å². The van der Waals surface area contributed by atoms with Crippen LogP contribution in [0.1, 0.15) is 31.4 Å². The van der Waals surface area contributed by atoms with Crippen LogP contribution in [-0.4, -0.2) is 24.0 Å². The van der Waals surface area contributed by atoms with Crippen LogP contribution < -0.4 is 5.73 Å². The minimum atomic E-state index is 0. The summed E-state index contributed by atoms with van der Waals surface area (Å²) in [5, 5.41) is 0. The van der Waals surface area contributed by atoms with Gasteiger partial charge in [-0.3, -0.25) is 4.90 Å². The van der Waals surface area contributed by atoms with Crippen molar-refractivity contribution in [3.63, 3.8) is 0 Å². The van der Waals surface area contributed by atoms with Crippen LogP contribution >= 0.6 is 28.3 Å². The van der Waals surface area contributed by atoms with Crippen molar-refractivity contribution in [2.24, 2.45) is 11.1 Å². The first kappa shape index (κ1) is 17.0. The molecule has 19 heavy (non-hydrogen) atoms. The zero-order valence-corrected chi connectivity index (χ0v) is 14.4. The van der Waals surface area contributed by atoms with Crippen molar-refractivity contribution < 1.29 is 0 Å². The Morgan fingerprint density at radius 3 is 2.68 bits per heavy atom. The summed E-state index contributed by atoms with van der Waals surface area (Å²) in [7, 11) is 0. The summed E-state index contributed by atoms with van der Waals surface area (Å²) in [6.45, 7) is 9.86.